The largest absolute Gasteiger partial charge is 0.484 e. The molecular formula is C26H34N2O3. The molecule has 31 heavy (non-hydrogen) atoms. The summed E-state index contributed by atoms with van der Waals surface area (Å²) in [7, 11) is 0. The molecule has 0 radical (unpaired) electrons. The van der Waals surface area contributed by atoms with Gasteiger partial charge in [-0.1, -0.05) is 67.3 Å². The van der Waals surface area contributed by atoms with Crippen LogP contribution >= 0.6 is 0 Å². The van der Waals surface area contributed by atoms with E-state index in [0.29, 0.717) is 18.7 Å². The predicted octanol–water partition coefficient (Wildman–Crippen LogP) is 4.28. The fraction of sp³-hybridized carbons (Fsp3) is 0.462. The smallest absolute Gasteiger partial charge is 0.261 e. The molecule has 3 rings (SSSR count). The molecule has 1 saturated carbocycles. The minimum atomic E-state index is -0.542. The van der Waals surface area contributed by atoms with Gasteiger partial charge in [0.15, 0.2) is 6.61 Å². The van der Waals surface area contributed by atoms with E-state index in [1.165, 1.54) is 6.42 Å². The van der Waals surface area contributed by atoms with Gasteiger partial charge in [-0.05, 0) is 50.8 Å². The summed E-state index contributed by atoms with van der Waals surface area (Å²) in [5.74, 6) is 0.396. The van der Waals surface area contributed by atoms with Crippen molar-refractivity contribution in [1.82, 2.24) is 10.2 Å². The highest BCUT2D eigenvalue weighted by atomic mass is 16.5. The molecule has 1 aliphatic carbocycles. The SMILES string of the molecule is Cc1ccc(OCC(=O)N(CCc2ccccc2)[C@@H](C)C(=O)NC2CCCCC2)cc1. The van der Waals surface area contributed by atoms with Crippen molar-refractivity contribution < 1.29 is 14.3 Å². The highest BCUT2D eigenvalue weighted by molar-refractivity contribution is 5.88. The van der Waals surface area contributed by atoms with Gasteiger partial charge < -0.3 is 15.0 Å². The minimum Gasteiger partial charge on any atom is -0.484 e. The summed E-state index contributed by atoms with van der Waals surface area (Å²) in [6.07, 6.45) is 6.28. The molecule has 0 spiro atoms. The van der Waals surface area contributed by atoms with Crippen LogP contribution in [0.5, 0.6) is 5.75 Å². The zero-order valence-corrected chi connectivity index (χ0v) is 18.7. The first kappa shape index (κ1) is 22.9. The molecule has 1 N–H and O–H groups in total. The van der Waals surface area contributed by atoms with Gasteiger partial charge in [-0.3, -0.25) is 9.59 Å². The molecule has 2 aromatic rings. The van der Waals surface area contributed by atoms with Crippen LogP contribution in [0.4, 0.5) is 0 Å². The number of amides is 2. The summed E-state index contributed by atoms with van der Waals surface area (Å²) < 4.78 is 5.71. The molecule has 0 aliphatic heterocycles. The van der Waals surface area contributed by atoms with Gasteiger partial charge in [0.25, 0.3) is 5.91 Å². The Hall–Kier alpha value is -2.82. The van der Waals surface area contributed by atoms with Crippen molar-refractivity contribution in [2.24, 2.45) is 0 Å². The van der Waals surface area contributed by atoms with Crippen molar-refractivity contribution >= 4 is 11.8 Å². The molecule has 1 fully saturated rings. The molecule has 1 atom stereocenters. The zero-order chi connectivity index (χ0) is 22.1. The summed E-state index contributed by atoms with van der Waals surface area (Å²) >= 11 is 0. The van der Waals surface area contributed by atoms with Crippen molar-refractivity contribution in [2.75, 3.05) is 13.2 Å². The number of carbonyl (C=O) groups is 2. The predicted molar refractivity (Wildman–Crippen MR) is 123 cm³/mol. The van der Waals surface area contributed by atoms with Crippen molar-refractivity contribution in [2.45, 2.75) is 64.5 Å². The van der Waals surface area contributed by atoms with Gasteiger partial charge in [-0.2, -0.15) is 0 Å². The van der Waals surface area contributed by atoms with Crippen LogP contribution in [0.1, 0.15) is 50.2 Å². The molecular weight excluding hydrogens is 388 g/mol. The van der Waals surface area contributed by atoms with E-state index >= 15 is 0 Å². The molecule has 2 amide bonds. The molecule has 0 bridgehead atoms. The normalized spacial score (nSPS) is 15.2. The Balaban J connectivity index is 1.63. The van der Waals surface area contributed by atoms with Gasteiger partial charge in [-0.15, -0.1) is 0 Å². The Labute approximate surface area is 185 Å². The van der Waals surface area contributed by atoms with Crippen LogP contribution in [0.25, 0.3) is 0 Å². The second-order valence-electron chi connectivity index (χ2n) is 8.44. The Bertz CT molecular complexity index is 829. The van der Waals surface area contributed by atoms with Crippen LogP contribution in [-0.2, 0) is 16.0 Å². The monoisotopic (exact) mass is 422 g/mol. The number of ether oxygens (including phenoxy) is 1. The quantitative estimate of drug-likeness (QED) is 0.656. The lowest BCUT2D eigenvalue weighted by Gasteiger charge is -2.31. The molecule has 1 aliphatic rings. The maximum atomic E-state index is 13.1. The lowest BCUT2D eigenvalue weighted by molar-refractivity contribution is -0.141. The molecule has 5 nitrogen and oxygen atoms in total. The summed E-state index contributed by atoms with van der Waals surface area (Å²) in [5.41, 5.74) is 2.27. The molecule has 166 valence electrons. The van der Waals surface area contributed by atoms with Crippen LogP contribution < -0.4 is 10.1 Å². The van der Waals surface area contributed by atoms with Gasteiger partial charge in [0.05, 0.1) is 0 Å². The van der Waals surface area contributed by atoms with Gasteiger partial charge in [0.2, 0.25) is 5.91 Å². The number of nitrogens with zero attached hydrogens (tertiary/aromatic N) is 1. The van der Waals surface area contributed by atoms with E-state index in [-0.39, 0.29) is 24.5 Å². The second-order valence-corrected chi connectivity index (χ2v) is 8.44. The van der Waals surface area contributed by atoms with Crippen LogP contribution in [0.3, 0.4) is 0 Å². The van der Waals surface area contributed by atoms with Crippen molar-refractivity contribution in [3.8, 4) is 5.75 Å². The number of hydrogen-bond donors (Lipinski definition) is 1. The zero-order valence-electron chi connectivity index (χ0n) is 18.7. The van der Waals surface area contributed by atoms with E-state index in [1.54, 1.807) is 4.90 Å². The Kier molecular flexibility index (Phi) is 8.51. The number of hydrogen-bond acceptors (Lipinski definition) is 3. The fourth-order valence-corrected chi connectivity index (χ4v) is 4.00. The maximum absolute atomic E-state index is 13.1. The molecule has 0 saturated heterocycles. The summed E-state index contributed by atoms with van der Waals surface area (Å²) in [5, 5.41) is 3.16. The molecule has 5 heteroatoms. The molecule has 0 unspecified atom stereocenters. The molecule has 0 aromatic heterocycles. The number of rotatable bonds is 9. The summed E-state index contributed by atoms with van der Waals surface area (Å²) in [6.45, 7) is 4.21. The average Bonchev–Trinajstić information content (AvgIpc) is 2.80. The van der Waals surface area contributed by atoms with Gasteiger partial charge in [-0.25, -0.2) is 0 Å². The van der Waals surface area contributed by atoms with E-state index in [4.69, 9.17) is 4.74 Å². The lowest BCUT2D eigenvalue weighted by Crippen LogP contribution is -2.52. The van der Waals surface area contributed by atoms with E-state index in [1.807, 2.05) is 68.4 Å². The van der Waals surface area contributed by atoms with E-state index in [9.17, 15) is 9.59 Å². The Morgan fingerprint density at radius 3 is 2.39 bits per heavy atom. The molecule has 2 aromatic carbocycles. The first-order chi connectivity index (χ1) is 15.0. The second kappa shape index (κ2) is 11.5. The lowest BCUT2D eigenvalue weighted by atomic mass is 9.95. The summed E-state index contributed by atoms with van der Waals surface area (Å²) in [4.78, 5) is 27.7. The van der Waals surface area contributed by atoms with E-state index in [0.717, 1.165) is 36.8 Å². The van der Waals surface area contributed by atoms with Crippen LogP contribution in [-0.4, -0.2) is 41.9 Å². The van der Waals surface area contributed by atoms with Crippen molar-refractivity contribution in [1.29, 1.82) is 0 Å². The number of aryl methyl sites for hydroxylation is 1. The fourth-order valence-electron chi connectivity index (χ4n) is 4.00. The van der Waals surface area contributed by atoms with Crippen molar-refractivity contribution in [3.63, 3.8) is 0 Å². The van der Waals surface area contributed by atoms with E-state index in [2.05, 4.69) is 5.32 Å². The highest BCUT2D eigenvalue weighted by Crippen LogP contribution is 2.18. The standard InChI is InChI=1S/C26H34N2O3/c1-20-13-15-24(16-14-20)31-19-25(29)28(18-17-22-9-5-3-6-10-22)21(2)26(30)27-23-11-7-4-8-12-23/h3,5-6,9-10,13-16,21,23H,4,7-8,11-12,17-19H2,1-2H3,(H,27,30)/t21-/m0/s1. The minimum absolute atomic E-state index is 0.0800. The third kappa shape index (κ3) is 7.12. The third-order valence-electron chi connectivity index (χ3n) is 5.99. The van der Waals surface area contributed by atoms with Gasteiger partial charge in [0, 0.05) is 12.6 Å². The highest BCUT2D eigenvalue weighted by Gasteiger charge is 2.28. The first-order valence-electron chi connectivity index (χ1n) is 11.4. The van der Waals surface area contributed by atoms with Gasteiger partial charge >= 0.3 is 0 Å². The van der Waals surface area contributed by atoms with Crippen LogP contribution in [0.2, 0.25) is 0 Å². The number of carbonyl (C=O) groups excluding carboxylic acids is 2. The third-order valence-corrected chi connectivity index (χ3v) is 5.99. The van der Waals surface area contributed by atoms with Gasteiger partial charge in [0.1, 0.15) is 11.8 Å². The number of nitrogens with one attached hydrogen (secondary N) is 1. The van der Waals surface area contributed by atoms with Crippen molar-refractivity contribution in [3.05, 3.63) is 65.7 Å². The maximum Gasteiger partial charge on any atom is 0.261 e. The van der Waals surface area contributed by atoms with Crippen LogP contribution in [0.15, 0.2) is 54.6 Å². The average molecular weight is 423 g/mol. The van der Waals surface area contributed by atoms with Crippen LogP contribution in [0, 0.1) is 6.92 Å². The summed E-state index contributed by atoms with van der Waals surface area (Å²) in [6, 6.07) is 17.3. The van der Waals surface area contributed by atoms with E-state index < -0.39 is 6.04 Å². The topological polar surface area (TPSA) is 58.6 Å². The number of benzene rings is 2. The first-order valence-corrected chi connectivity index (χ1v) is 11.4. The Morgan fingerprint density at radius 2 is 1.71 bits per heavy atom. The Morgan fingerprint density at radius 1 is 1.03 bits per heavy atom. The molecule has 0 heterocycles.